The number of anilines is 1. The first kappa shape index (κ1) is 12.2. The summed E-state index contributed by atoms with van der Waals surface area (Å²) in [6.45, 7) is 3.59. The van der Waals surface area contributed by atoms with Gasteiger partial charge in [-0.05, 0) is 37.5 Å². The molecule has 0 amide bonds. The largest absolute Gasteiger partial charge is 0.490 e. The van der Waals surface area contributed by atoms with Crippen LogP contribution in [0.15, 0.2) is 18.3 Å². The zero-order chi connectivity index (χ0) is 10.9. The molecule has 1 aromatic heterocycles. The Kier molecular flexibility index (Phi) is 6.00. The molecule has 84 valence electrons. The molecule has 0 bridgehead atoms. The second-order valence-corrected chi connectivity index (χ2v) is 4.04. The molecule has 0 aliphatic carbocycles. The quantitative estimate of drug-likeness (QED) is 0.725. The van der Waals surface area contributed by atoms with E-state index in [9.17, 15) is 0 Å². The molecule has 1 aromatic rings. The number of rotatable bonds is 7. The monoisotopic (exact) mass is 226 g/mol. The Bertz CT molecular complexity index is 281. The fraction of sp³-hybridized carbons (Fsp3) is 0.545. The summed E-state index contributed by atoms with van der Waals surface area (Å²) in [4.78, 5) is 4.25. The Morgan fingerprint density at radius 1 is 1.53 bits per heavy atom. The summed E-state index contributed by atoms with van der Waals surface area (Å²) in [5.41, 5.74) is 0. The van der Waals surface area contributed by atoms with Crippen LogP contribution in [0.4, 0.5) is 5.82 Å². The van der Waals surface area contributed by atoms with Crippen LogP contribution in [0.25, 0.3) is 0 Å². The third-order valence-electron chi connectivity index (χ3n) is 1.89. The minimum absolute atomic E-state index is 0.672. The van der Waals surface area contributed by atoms with Crippen LogP contribution in [-0.4, -0.2) is 30.1 Å². The third kappa shape index (κ3) is 4.42. The van der Waals surface area contributed by atoms with Gasteiger partial charge in [-0.15, -0.1) is 0 Å². The fourth-order valence-electron chi connectivity index (χ4n) is 1.22. The highest BCUT2D eigenvalue weighted by molar-refractivity contribution is 7.98. The molecule has 0 saturated heterocycles. The Balaban J connectivity index is 2.44. The first-order chi connectivity index (χ1) is 7.38. The van der Waals surface area contributed by atoms with Crippen molar-refractivity contribution in [1.82, 2.24) is 4.98 Å². The van der Waals surface area contributed by atoms with Crippen LogP contribution >= 0.6 is 11.8 Å². The Morgan fingerprint density at radius 3 is 3.13 bits per heavy atom. The maximum atomic E-state index is 5.46. The molecule has 3 nitrogen and oxygen atoms in total. The number of aromatic nitrogens is 1. The average Bonchev–Trinajstić information content (AvgIpc) is 2.27. The van der Waals surface area contributed by atoms with Crippen LogP contribution in [-0.2, 0) is 0 Å². The van der Waals surface area contributed by atoms with Crippen LogP contribution < -0.4 is 10.1 Å². The zero-order valence-corrected chi connectivity index (χ0v) is 10.1. The van der Waals surface area contributed by atoms with Crippen LogP contribution in [0.1, 0.15) is 13.3 Å². The van der Waals surface area contributed by atoms with E-state index in [0.29, 0.717) is 6.61 Å². The molecule has 1 rings (SSSR count). The van der Waals surface area contributed by atoms with E-state index in [4.69, 9.17) is 4.74 Å². The normalized spacial score (nSPS) is 10.0. The van der Waals surface area contributed by atoms with Crippen molar-refractivity contribution in [3.63, 3.8) is 0 Å². The van der Waals surface area contributed by atoms with E-state index in [-0.39, 0.29) is 0 Å². The predicted molar refractivity (Wildman–Crippen MR) is 66.9 cm³/mol. The van der Waals surface area contributed by atoms with Crippen LogP contribution in [0.2, 0.25) is 0 Å². The Hall–Kier alpha value is -0.900. The maximum absolute atomic E-state index is 5.46. The summed E-state index contributed by atoms with van der Waals surface area (Å²) < 4.78 is 5.46. The molecule has 1 heterocycles. The van der Waals surface area contributed by atoms with Crippen molar-refractivity contribution in [1.29, 1.82) is 0 Å². The molecule has 1 N–H and O–H groups in total. The Morgan fingerprint density at radius 2 is 2.40 bits per heavy atom. The van der Waals surface area contributed by atoms with Gasteiger partial charge in [0.1, 0.15) is 0 Å². The molecule has 15 heavy (non-hydrogen) atoms. The van der Waals surface area contributed by atoms with Crippen molar-refractivity contribution < 1.29 is 4.74 Å². The summed E-state index contributed by atoms with van der Waals surface area (Å²) in [6.07, 6.45) is 5.04. The predicted octanol–water partition coefficient (Wildman–Crippen LogP) is 2.65. The van der Waals surface area contributed by atoms with Gasteiger partial charge in [-0.3, -0.25) is 0 Å². The molecule has 0 spiro atoms. The van der Waals surface area contributed by atoms with Crippen molar-refractivity contribution in [2.75, 3.05) is 30.5 Å². The van der Waals surface area contributed by atoms with Gasteiger partial charge < -0.3 is 10.1 Å². The van der Waals surface area contributed by atoms with Crippen molar-refractivity contribution in [3.8, 4) is 5.75 Å². The number of nitrogens with zero attached hydrogens (tertiary/aromatic N) is 1. The highest BCUT2D eigenvalue weighted by Gasteiger charge is 2.01. The third-order valence-corrected chi connectivity index (χ3v) is 2.59. The van der Waals surface area contributed by atoms with Crippen molar-refractivity contribution in [3.05, 3.63) is 18.3 Å². The van der Waals surface area contributed by atoms with Gasteiger partial charge in [-0.1, -0.05) is 0 Å². The first-order valence-electron chi connectivity index (χ1n) is 5.19. The SMILES string of the molecule is CCOc1cccnc1NCCCSC. The van der Waals surface area contributed by atoms with Gasteiger partial charge in [0.2, 0.25) is 0 Å². The van der Waals surface area contributed by atoms with Gasteiger partial charge in [0.15, 0.2) is 11.6 Å². The van der Waals surface area contributed by atoms with Crippen molar-refractivity contribution in [2.24, 2.45) is 0 Å². The highest BCUT2D eigenvalue weighted by Crippen LogP contribution is 2.20. The van der Waals surface area contributed by atoms with Gasteiger partial charge in [0.05, 0.1) is 6.61 Å². The van der Waals surface area contributed by atoms with E-state index >= 15 is 0 Å². The smallest absolute Gasteiger partial charge is 0.168 e. The second-order valence-electron chi connectivity index (χ2n) is 3.06. The summed E-state index contributed by atoms with van der Waals surface area (Å²) in [6, 6.07) is 3.82. The standard InChI is InChI=1S/C11H18N2OS/c1-3-14-10-6-4-7-12-11(10)13-8-5-9-15-2/h4,6-7H,3,5,8-9H2,1-2H3,(H,12,13). The molecule has 0 fully saturated rings. The van der Waals surface area contributed by atoms with E-state index in [1.807, 2.05) is 30.8 Å². The van der Waals surface area contributed by atoms with Gasteiger partial charge >= 0.3 is 0 Å². The molecule has 0 aliphatic rings. The van der Waals surface area contributed by atoms with Crippen LogP contribution in [0, 0.1) is 0 Å². The van der Waals surface area contributed by atoms with Crippen molar-refractivity contribution >= 4 is 17.6 Å². The minimum Gasteiger partial charge on any atom is -0.490 e. The molecule has 0 aliphatic heterocycles. The Labute approximate surface area is 95.6 Å². The topological polar surface area (TPSA) is 34.1 Å². The van der Waals surface area contributed by atoms with Gasteiger partial charge in [-0.2, -0.15) is 11.8 Å². The van der Waals surface area contributed by atoms with E-state index in [1.54, 1.807) is 6.20 Å². The lowest BCUT2D eigenvalue weighted by Crippen LogP contribution is -2.06. The number of hydrogen-bond donors (Lipinski definition) is 1. The average molecular weight is 226 g/mol. The number of nitrogens with one attached hydrogen (secondary N) is 1. The van der Waals surface area contributed by atoms with Crippen molar-refractivity contribution in [2.45, 2.75) is 13.3 Å². The lowest BCUT2D eigenvalue weighted by Gasteiger charge is -2.10. The number of thioether (sulfide) groups is 1. The van der Waals surface area contributed by atoms with E-state index in [0.717, 1.165) is 24.5 Å². The summed E-state index contributed by atoms with van der Waals surface area (Å²) >= 11 is 1.86. The van der Waals surface area contributed by atoms with Gasteiger partial charge in [0.25, 0.3) is 0 Å². The van der Waals surface area contributed by atoms with Gasteiger partial charge in [-0.25, -0.2) is 4.98 Å². The lowest BCUT2D eigenvalue weighted by molar-refractivity contribution is 0.340. The molecule has 0 saturated carbocycles. The second kappa shape index (κ2) is 7.40. The molecule has 0 radical (unpaired) electrons. The molecular weight excluding hydrogens is 208 g/mol. The molecule has 0 atom stereocenters. The van der Waals surface area contributed by atoms with Crippen LogP contribution in [0.5, 0.6) is 5.75 Å². The number of hydrogen-bond acceptors (Lipinski definition) is 4. The van der Waals surface area contributed by atoms with E-state index in [2.05, 4.69) is 16.6 Å². The number of pyridine rings is 1. The molecular formula is C11H18N2OS. The van der Waals surface area contributed by atoms with Crippen LogP contribution in [0.3, 0.4) is 0 Å². The van der Waals surface area contributed by atoms with Gasteiger partial charge in [0, 0.05) is 12.7 Å². The summed E-state index contributed by atoms with van der Waals surface area (Å²) in [5.74, 6) is 2.86. The fourth-order valence-corrected chi connectivity index (χ4v) is 1.65. The lowest BCUT2D eigenvalue weighted by atomic mass is 10.4. The molecule has 0 aromatic carbocycles. The summed E-state index contributed by atoms with van der Waals surface area (Å²) in [5, 5.41) is 3.28. The minimum atomic E-state index is 0.672. The van der Waals surface area contributed by atoms with E-state index < -0.39 is 0 Å². The summed E-state index contributed by atoms with van der Waals surface area (Å²) in [7, 11) is 0. The number of ether oxygens (including phenoxy) is 1. The molecule has 0 unspecified atom stereocenters. The first-order valence-corrected chi connectivity index (χ1v) is 6.58. The van der Waals surface area contributed by atoms with E-state index in [1.165, 1.54) is 5.75 Å². The highest BCUT2D eigenvalue weighted by atomic mass is 32.2. The zero-order valence-electron chi connectivity index (χ0n) is 9.32. The molecule has 4 heteroatoms. The maximum Gasteiger partial charge on any atom is 0.168 e.